The zero-order chi connectivity index (χ0) is 18.5. The number of benzene rings is 2. The van der Waals surface area contributed by atoms with Crippen molar-refractivity contribution < 1.29 is 18.4 Å². The van der Waals surface area contributed by atoms with E-state index in [0.717, 1.165) is 22.6 Å². The van der Waals surface area contributed by atoms with Crippen molar-refractivity contribution in [2.75, 3.05) is 0 Å². The van der Waals surface area contributed by atoms with Gasteiger partial charge >= 0.3 is 0 Å². The van der Waals surface area contributed by atoms with Crippen LogP contribution in [0.15, 0.2) is 53.1 Å². The molecule has 3 aromatic rings. The molecule has 0 atom stereocenters. The number of halogens is 1. The van der Waals surface area contributed by atoms with Gasteiger partial charge in [-0.2, -0.15) is 0 Å². The molecule has 3 rings (SSSR count). The molecule has 0 saturated heterocycles. The second kappa shape index (κ2) is 7.82. The molecule has 1 amide bonds. The van der Waals surface area contributed by atoms with E-state index in [4.69, 9.17) is 9.26 Å². The van der Waals surface area contributed by atoms with Gasteiger partial charge in [0.25, 0.3) is 5.91 Å². The molecule has 0 bridgehead atoms. The van der Waals surface area contributed by atoms with Crippen LogP contribution in [0.3, 0.4) is 0 Å². The molecule has 0 aliphatic carbocycles. The number of hydrogen-bond donors (Lipinski definition) is 1. The Morgan fingerprint density at radius 1 is 1.19 bits per heavy atom. The third kappa shape index (κ3) is 4.27. The smallest absolute Gasteiger partial charge is 0.251 e. The molecular weight excluding hydrogens is 335 g/mol. The van der Waals surface area contributed by atoms with Gasteiger partial charge in [0.15, 0.2) is 0 Å². The summed E-state index contributed by atoms with van der Waals surface area (Å²) in [4.78, 5) is 12.3. The van der Waals surface area contributed by atoms with Crippen molar-refractivity contribution in [1.29, 1.82) is 0 Å². The number of amides is 1. The van der Waals surface area contributed by atoms with Crippen LogP contribution in [0.4, 0.5) is 4.39 Å². The first kappa shape index (κ1) is 17.7. The van der Waals surface area contributed by atoms with Gasteiger partial charge in [0.05, 0.1) is 11.3 Å². The lowest BCUT2D eigenvalue weighted by molar-refractivity contribution is 0.0950. The van der Waals surface area contributed by atoms with Gasteiger partial charge in [-0.15, -0.1) is 0 Å². The number of rotatable bonds is 6. The van der Waals surface area contributed by atoms with Crippen LogP contribution >= 0.6 is 0 Å². The minimum Gasteiger partial charge on any atom is -0.489 e. The number of ether oxygens (including phenoxy) is 1. The third-order valence-electron chi connectivity index (χ3n) is 4.03. The van der Waals surface area contributed by atoms with E-state index in [9.17, 15) is 9.18 Å². The zero-order valence-electron chi connectivity index (χ0n) is 14.6. The Kier molecular flexibility index (Phi) is 5.31. The molecular formula is C20H19FN2O3. The summed E-state index contributed by atoms with van der Waals surface area (Å²) in [7, 11) is 0. The Morgan fingerprint density at radius 3 is 2.65 bits per heavy atom. The van der Waals surface area contributed by atoms with Crippen LogP contribution in [0.1, 0.15) is 32.9 Å². The SMILES string of the molecule is Cc1noc(C)c1COc1cccc(C(=O)NCc2ccc(F)cc2)c1. The summed E-state index contributed by atoms with van der Waals surface area (Å²) < 4.78 is 23.8. The van der Waals surface area contributed by atoms with Gasteiger partial charge < -0.3 is 14.6 Å². The molecule has 5 nitrogen and oxygen atoms in total. The molecule has 0 spiro atoms. The van der Waals surface area contributed by atoms with Crippen molar-refractivity contribution >= 4 is 5.91 Å². The van der Waals surface area contributed by atoms with E-state index in [1.54, 1.807) is 36.4 Å². The van der Waals surface area contributed by atoms with Crippen LogP contribution in [-0.4, -0.2) is 11.1 Å². The number of aryl methyl sites for hydroxylation is 2. The summed E-state index contributed by atoms with van der Waals surface area (Å²) in [6.07, 6.45) is 0. The van der Waals surface area contributed by atoms with Crippen molar-refractivity contribution in [2.24, 2.45) is 0 Å². The first-order valence-electron chi connectivity index (χ1n) is 8.20. The molecule has 2 aromatic carbocycles. The van der Waals surface area contributed by atoms with E-state index in [2.05, 4.69) is 10.5 Å². The van der Waals surface area contributed by atoms with Crippen molar-refractivity contribution in [3.05, 3.63) is 82.5 Å². The van der Waals surface area contributed by atoms with Crippen LogP contribution < -0.4 is 10.1 Å². The monoisotopic (exact) mass is 354 g/mol. The second-order valence-corrected chi connectivity index (χ2v) is 5.93. The summed E-state index contributed by atoms with van der Waals surface area (Å²) in [6.45, 7) is 4.33. The summed E-state index contributed by atoms with van der Waals surface area (Å²) >= 11 is 0. The maximum absolute atomic E-state index is 12.9. The van der Waals surface area contributed by atoms with E-state index < -0.39 is 0 Å². The van der Waals surface area contributed by atoms with E-state index in [1.807, 2.05) is 13.8 Å². The number of hydrogen-bond acceptors (Lipinski definition) is 4. The van der Waals surface area contributed by atoms with E-state index in [0.29, 0.717) is 24.5 Å². The third-order valence-corrected chi connectivity index (χ3v) is 4.03. The van der Waals surface area contributed by atoms with Gasteiger partial charge in [-0.1, -0.05) is 23.4 Å². The van der Waals surface area contributed by atoms with Crippen molar-refractivity contribution in [3.8, 4) is 5.75 Å². The summed E-state index contributed by atoms with van der Waals surface area (Å²) in [5.41, 5.74) is 3.00. The number of carbonyl (C=O) groups excluding carboxylic acids is 1. The number of nitrogens with zero attached hydrogens (tertiary/aromatic N) is 1. The fourth-order valence-electron chi connectivity index (χ4n) is 2.48. The Morgan fingerprint density at radius 2 is 1.96 bits per heavy atom. The van der Waals surface area contributed by atoms with E-state index in [1.165, 1.54) is 12.1 Å². The van der Waals surface area contributed by atoms with Crippen LogP contribution in [-0.2, 0) is 13.2 Å². The standard InChI is InChI=1S/C20H19FN2O3/c1-13-19(14(2)26-23-13)12-25-18-5-3-4-16(10-18)20(24)22-11-15-6-8-17(21)9-7-15/h3-10H,11-12H2,1-2H3,(H,22,24). The topological polar surface area (TPSA) is 64.4 Å². The summed E-state index contributed by atoms with van der Waals surface area (Å²) in [5, 5.41) is 6.70. The zero-order valence-corrected chi connectivity index (χ0v) is 14.6. The van der Waals surface area contributed by atoms with Crippen LogP contribution in [0.5, 0.6) is 5.75 Å². The molecule has 1 aromatic heterocycles. The molecule has 0 unspecified atom stereocenters. The lowest BCUT2D eigenvalue weighted by Gasteiger charge is -2.09. The minimum atomic E-state index is -0.303. The van der Waals surface area contributed by atoms with E-state index in [-0.39, 0.29) is 11.7 Å². The average molecular weight is 354 g/mol. The molecule has 1 heterocycles. The summed E-state index contributed by atoms with van der Waals surface area (Å²) in [6, 6.07) is 12.9. The van der Waals surface area contributed by atoms with E-state index >= 15 is 0 Å². The normalized spacial score (nSPS) is 10.6. The van der Waals surface area contributed by atoms with Crippen molar-refractivity contribution in [1.82, 2.24) is 10.5 Å². The van der Waals surface area contributed by atoms with Gasteiger partial charge in [0, 0.05) is 12.1 Å². The van der Waals surface area contributed by atoms with Gasteiger partial charge in [-0.3, -0.25) is 4.79 Å². The fraction of sp³-hybridized carbons (Fsp3) is 0.200. The highest BCUT2D eigenvalue weighted by molar-refractivity contribution is 5.94. The lowest BCUT2D eigenvalue weighted by Crippen LogP contribution is -2.22. The highest BCUT2D eigenvalue weighted by Crippen LogP contribution is 2.18. The molecule has 0 aliphatic rings. The summed E-state index contributed by atoms with van der Waals surface area (Å²) in [5.74, 6) is 0.774. The van der Waals surface area contributed by atoms with Gasteiger partial charge in [0.2, 0.25) is 0 Å². The average Bonchev–Trinajstić information content (AvgIpc) is 2.97. The van der Waals surface area contributed by atoms with Gasteiger partial charge in [-0.05, 0) is 49.7 Å². The second-order valence-electron chi connectivity index (χ2n) is 5.93. The molecule has 0 fully saturated rings. The molecule has 0 aliphatic heterocycles. The predicted molar refractivity (Wildman–Crippen MR) is 94.3 cm³/mol. The van der Waals surface area contributed by atoms with Crippen LogP contribution in [0.2, 0.25) is 0 Å². The number of carbonyl (C=O) groups is 1. The molecule has 0 saturated carbocycles. The maximum atomic E-state index is 12.9. The van der Waals surface area contributed by atoms with Crippen LogP contribution in [0.25, 0.3) is 0 Å². The Labute approximate surface area is 150 Å². The lowest BCUT2D eigenvalue weighted by atomic mass is 10.1. The Bertz CT molecular complexity index is 884. The predicted octanol–water partition coefficient (Wildman–Crippen LogP) is 3.94. The molecule has 6 heteroatoms. The molecule has 1 N–H and O–H groups in total. The Balaban J connectivity index is 1.61. The number of nitrogens with one attached hydrogen (secondary N) is 1. The van der Waals surface area contributed by atoms with Crippen LogP contribution in [0, 0.1) is 19.7 Å². The molecule has 134 valence electrons. The largest absolute Gasteiger partial charge is 0.489 e. The fourth-order valence-corrected chi connectivity index (χ4v) is 2.48. The number of aromatic nitrogens is 1. The first-order valence-corrected chi connectivity index (χ1v) is 8.20. The first-order chi connectivity index (χ1) is 12.5. The maximum Gasteiger partial charge on any atom is 0.251 e. The quantitative estimate of drug-likeness (QED) is 0.728. The van der Waals surface area contributed by atoms with Crippen molar-refractivity contribution in [3.63, 3.8) is 0 Å². The molecule has 26 heavy (non-hydrogen) atoms. The highest BCUT2D eigenvalue weighted by atomic mass is 19.1. The molecule has 0 radical (unpaired) electrons. The van der Waals surface area contributed by atoms with Gasteiger partial charge in [-0.25, -0.2) is 4.39 Å². The Hall–Kier alpha value is -3.15. The highest BCUT2D eigenvalue weighted by Gasteiger charge is 2.11. The van der Waals surface area contributed by atoms with Crippen molar-refractivity contribution in [2.45, 2.75) is 27.0 Å². The minimum absolute atomic E-state index is 0.225. The van der Waals surface area contributed by atoms with Gasteiger partial charge in [0.1, 0.15) is 23.9 Å².